The number of nitrogens with two attached hydrogens (primary N) is 1. The number of ether oxygens (including phenoxy) is 1. The first-order valence-corrected chi connectivity index (χ1v) is 4.94. The van der Waals surface area contributed by atoms with Gasteiger partial charge in [0.1, 0.15) is 0 Å². The molecule has 0 aromatic heterocycles. The molecule has 2 N–H and O–H groups in total. The normalized spacial score (nSPS) is 11.9. The molecule has 1 aromatic carbocycles. The van der Waals surface area contributed by atoms with Gasteiger partial charge in [0.25, 0.3) is 0 Å². The van der Waals surface area contributed by atoms with Crippen molar-refractivity contribution in [2.75, 3.05) is 12.4 Å². The lowest BCUT2D eigenvalue weighted by atomic mass is 10.2. The third-order valence-corrected chi connectivity index (χ3v) is 2.15. The van der Waals surface area contributed by atoms with Gasteiger partial charge in [-0.05, 0) is 5.56 Å². The molecule has 1 rings (SSSR count). The maximum atomic E-state index is 5.64. The number of hydrogen-bond acceptors (Lipinski definition) is 3. The molecule has 2 nitrogen and oxygen atoms in total. The van der Waals surface area contributed by atoms with Gasteiger partial charge in [-0.15, -0.1) is 12.4 Å². The van der Waals surface area contributed by atoms with Gasteiger partial charge >= 0.3 is 0 Å². The molecular formula is C10H16ClNOS. The molecule has 0 saturated heterocycles. The summed E-state index contributed by atoms with van der Waals surface area (Å²) in [6.45, 7) is 1.20. The Labute approximate surface area is 96.7 Å². The van der Waals surface area contributed by atoms with Crippen molar-refractivity contribution in [3.05, 3.63) is 35.9 Å². The molecule has 14 heavy (non-hydrogen) atoms. The van der Waals surface area contributed by atoms with Gasteiger partial charge in [0, 0.05) is 11.8 Å². The van der Waals surface area contributed by atoms with Crippen LogP contribution in [0.1, 0.15) is 5.56 Å². The Balaban J connectivity index is 0.00000169. The molecular weight excluding hydrogens is 218 g/mol. The van der Waals surface area contributed by atoms with Crippen LogP contribution in [-0.2, 0) is 11.3 Å². The van der Waals surface area contributed by atoms with Crippen molar-refractivity contribution in [2.24, 2.45) is 5.73 Å². The van der Waals surface area contributed by atoms with E-state index in [-0.39, 0.29) is 18.4 Å². The predicted octanol–water partition coefficient (Wildman–Crippen LogP) is 1.88. The van der Waals surface area contributed by atoms with Crippen LogP contribution in [0.4, 0.5) is 0 Å². The Morgan fingerprint density at radius 3 is 2.50 bits per heavy atom. The minimum atomic E-state index is 0. The highest BCUT2D eigenvalue weighted by Gasteiger charge is 1.98. The van der Waals surface area contributed by atoms with E-state index in [0.717, 1.165) is 0 Å². The molecule has 80 valence electrons. The SMILES string of the molecule is Cl.NC(CS)COCc1ccccc1. The molecule has 4 heteroatoms. The van der Waals surface area contributed by atoms with Crippen LogP contribution in [0.15, 0.2) is 30.3 Å². The molecule has 0 heterocycles. The predicted molar refractivity (Wildman–Crippen MR) is 65.2 cm³/mol. The fraction of sp³-hybridized carbons (Fsp3) is 0.400. The second-order valence-electron chi connectivity index (χ2n) is 2.94. The zero-order chi connectivity index (χ0) is 9.52. The zero-order valence-electron chi connectivity index (χ0n) is 7.93. The topological polar surface area (TPSA) is 35.2 Å². The summed E-state index contributed by atoms with van der Waals surface area (Å²) >= 11 is 4.07. The van der Waals surface area contributed by atoms with E-state index in [1.807, 2.05) is 30.3 Å². The van der Waals surface area contributed by atoms with Gasteiger partial charge in [-0.3, -0.25) is 0 Å². The highest BCUT2D eigenvalue weighted by atomic mass is 35.5. The Morgan fingerprint density at radius 2 is 1.93 bits per heavy atom. The summed E-state index contributed by atoms with van der Waals surface area (Å²) < 4.78 is 5.40. The summed E-state index contributed by atoms with van der Waals surface area (Å²) in [5.74, 6) is 0.661. The number of halogens is 1. The van der Waals surface area contributed by atoms with E-state index in [4.69, 9.17) is 10.5 Å². The van der Waals surface area contributed by atoms with E-state index < -0.39 is 0 Å². The summed E-state index contributed by atoms with van der Waals surface area (Å²) in [5, 5.41) is 0. The van der Waals surface area contributed by atoms with Crippen LogP contribution >= 0.6 is 25.0 Å². The Morgan fingerprint density at radius 1 is 1.29 bits per heavy atom. The van der Waals surface area contributed by atoms with Crippen LogP contribution in [0, 0.1) is 0 Å². The maximum Gasteiger partial charge on any atom is 0.0717 e. The first-order chi connectivity index (χ1) is 6.33. The monoisotopic (exact) mass is 233 g/mol. The molecule has 0 bridgehead atoms. The van der Waals surface area contributed by atoms with E-state index in [1.165, 1.54) is 5.56 Å². The van der Waals surface area contributed by atoms with Gasteiger partial charge in [-0.25, -0.2) is 0 Å². The highest BCUT2D eigenvalue weighted by Crippen LogP contribution is 2.00. The average Bonchev–Trinajstić information content (AvgIpc) is 2.19. The van der Waals surface area contributed by atoms with E-state index in [1.54, 1.807) is 0 Å². The average molecular weight is 234 g/mol. The van der Waals surface area contributed by atoms with E-state index in [2.05, 4.69) is 12.6 Å². The smallest absolute Gasteiger partial charge is 0.0717 e. The van der Waals surface area contributed by atoms with Gasteiger partial charge in [0.2, 0.25) is 0 Å². The van der Waals surface area contributed by atoms with Crippen molar-refractivity contribution < 1.29 is 4.74 Å². The molecule has 1 unspecified atom stereocenters. The molecule has 0 spiro atoms. The third kappa shape index (κ3) is 5.50. The fourth-order valence-corrected chi connectivity index (χ4v) is 1.06. The van der Waals surface area contributed by atoms with Crippen molar-refractivity contribution in [1.29, 1.82) is 0 Å². The van der Waals surface area contributed by atoms with Crippen molar-refractivity contribution in [1.82, 2.24) is 0 Å². The lowest BCUT2D eigenvalue weighted by Crippen LogP contribution is -2.27. The number of rotatable bonds is 5. The van der Waals surface area contributed by atoms with Crippen LogP contribution in [0.2, 0.25) is 0 Å². The summed E-state index contributed by atoms with van der Waals surface area (Å²) in [5.41, 5.74) is 6.81. The van der Waals surface area contributed by atoms with Gasteiger partial charge < -0.3 is 10.5 Å². The van der Waals surface area contributed by atoms with Crippen molar-refractivity contribution in [3.8, 4) is 0 Å². The Hall–Kier alpha value is -0.220. The molecule has 0 aliphatic carbocycles. The fourth-order valence-electron chi connectivity index (χ4n) is 0.955. The summed E-state index contributed by atoms with van der Waals surface area (Å²) in [7, 11) is 0. The molecule has 0 radical (unpaired) electrons. The first-order valence-electron chi connectivity index (χ1n) is 4.31. The minimum absolute atomic E-state index is 0. The van der Waals surface area contributed by atoms with Crippen LogP contribution in [0.5, 0.6) is 0 Å². The molecule has 1 aromatic rings. The molecule has 0 fully saturated rings. The number of benzene rings is 1. The lowest BCUT2D eigenvalue weighted by molar-refractivity contribution is 0.112. The van der Waals surface area contributed by atoms with Gasteiger partial charge in [-0.2, -0.15) is 12.6 Å². The van der Waals surface area contributed by atoms with Gasteiger partial charge in [0.05, 0.1) is 13.2 Å². The second-order valence-corrected chi connectivity index (χ2v) is 3.31. The molecule has 0 aliphatic rings. The van der Waals surface area contributed by atoms with Crippen LogP contribution in [0.3, 0.4) is 0 Å². The van der Waals surface area contributed by atoms with Crippen LogP contribution in [0.25, 0.3) is 0 Å². The largest absolute Gasteiger partial charge is 0.375 e. The summed E-state index contributed by atoms with van der Waals surface area (Å²) in [6.07, 6.45) is 0. The van der Waals surface area contributed by atoms with Crippen LogP contribution in [-0.4, -0.2) is 18.4 Å². The van der Waals surface area contributed by atoms with E-state index >= 15 is 0 Å². The standard InChI is InChI=1S/C10H15NOS.ClH/c11-10(8-13)7-12-6-9-4-2-1-3-5-9;/h1-5,10,13H,6-8,11H2;1H. The lowest BCUT2D eigenvalue weighted by Gasteiger charge is -2.08. The van der Waals surface area contributed by atoms with E-state index in [9.17, 15) is 0 Å². The van der Waals surface area contributed by atoms with Crippen LogP contribution < -0.4 is 5.73 Å². The molecule has 1 atom stereocenters. The third-order valence-electron chi connectivity index (χ3n) is 1.68. The number of hydrogen-bond donors (Lipinski definition) is 2. The second kappa shape index (κ2) is 8.12. The van der Waals surface area contributed by atoms with Gasteiger partial charge in [-0.1, -0.05) is 30.3 Å². The van der Waals surface area contributed by atoms with Crippen molar-refractivity contribution in [3.63, 3.8) is 0 Å². The first kappa shape index (κ1) is 13.8. The van der Waals surface area contributed by atoms with Crippen molar-refractivity contribution in [2.45, 2.75) is 12.6 Å². The summed E-state index contributed by atoms with van der Waals surface area (Å²) in [6, 6.07) is 10.1. The highest BCUT2D eigenvalue weighted by molar-refractivity contribution is 7.80. The summed E-state index contributed by atoms with van der Waals surface area (Å²) in [4.78, 5) is 0. The maximum absolute atomic E-state index is 5.64. The molecule has 0 aliphatic heterocycles. The zero-order valence-corrected chi connectivity index (χ0v) is 9.64. The minimum Gasteiger partial charge on any atom is -0.375 e. The molecule has 0 amide bonds. The molecule has 0 saturated carbocycles. The number of thiol groups is 1. The Kier molecular flexibility index (Phi) is 7.99. The van der Waals surface area contributed by atoms with E-state index in [0.29, 0.717) is 19.0 Å². The van der Waals surface area contributed by atoms with Crippen molar-refractivity contribution >= 4 is 25.0 Å². The van der Waals surface area contributed by atoms with Gasteiger partial charge in [0.15, 0.2) is 0 Å². The Bertz CT molecular complexity index is 233. The quantitative estimate of drug-likeness (QED) is 0.762.